The number of nitrogens with two attached hydrogens (primary N) is 1. The molecule has 1 atom stereocenters. The second kappa shape index (κ2) is 7.94. The Hall–Kier alpha value is -1.88. The normalized spacial score (nSPS) is 17.0. The lowest BCUT2D eigenvalue weighted by atomic mass is 9.89. The van der Waals surface area contributed by atoms with Gasteiger partial charge in [0, 0.05) is 25.7 Å². The third-order valence-electron chi connectivity index (χ3n) is 4.21. The number of hydrogen-bond donors (Lipinski definition) is 2. The molecule has 120 valence electrons. The SMILES string of the molecule is Cc1ccccc1CC(=O)NC(CC(N)=O)C1CCOCC1. The zero-order valence-electron chi connectivity index (χ0n) is 13.0. The van der Waals surface area contributed by atoms with Crippen LogP contribution in [0.2, 0.25) is 0 Å². The molecule has 1 saturated heterocycles. The standard InChI is InChI=1S/C17H24N2O3/c1-12-4-2-3-5-14(12)10-17(21)19-15(11-16(18)20)13-6-8-22-9-7-13/h2-5,13,15H,6-11H2,1H3,(H2,18,20)(H,19,21). The van der Waals surface area contributed by atoms with E-state index < -0.39 is 0 Å². The van der Waals surface area contributed by atoms with Crippen LogP contribution in [0.5, 0.6) is 0 Å². The second-order valence-corrected chi connectivity index (χ2v) is 5.90. The van der Waals surface area contributed by atoms with Crippen LogP contribution in [0, 0.1) is 12.8 Å². The molecule has 22 heavy (non-hydrogen) atoms. The number of benzene rings is 1. The van der Waals surface area contributed by atoms with E-state index in [4.69, 9.17) is 10.5 Å². The molecule has 0 saturated carbocycles. The zero-order valence-corrected chi connectivity index (χ0v) is 13.0. The highest BCUT2D eigenvalue weighted by Crippen LogP contribution is 2.21. The van der Waals surface area contributed by atoms with Crippen LogP contribution in [0.15, 0.2) is 24.3 Å². The van der Waals surface area contributed by atoms with E-state index in [0.29, 0.717) is 19.6 Å². The highest BCUT2D eigenvalue weighted by Gasteiger charge is 2.26. The summed E-state index contributed by atoms with van der Waals surface area (Å²) in [6, 6.07) is 7.62. The maximum Gasteiger partial charge on any atom is 0.224 e. The van der Waals surface area contributed by atoms with Gasteiger partial charge in [0.05, 0.1) is 6.42 Å². The predicted molar refractivity (Wildman–Crippen MR) is 84.2 cm³/mol. The molecule has 2 amide bonds. The number of aryl methyl sites for hydroxylation is 1. The Morgan fingerprint density at radius 3 is 2.64 bits per heavy atom. The summed E-state index contributed by atoms with van der Waals surface area (Å²) in [5.41, 5.74) is 7.43. The second-order valence-electron chi connectivity index (χ2n) is 5.90. The van der Waals surface area contributed by atoms with E-state index in [1.165, 1.54) is 0 Å². The Labute approximate surface area is 131 Å². The van der Waals surface area contributed by atoms with Gasteiger partial charge in [-0.1, -0.05) is 24.3 Å². The topological polar surface area (TPSA) is 81.4 Å². The smallest absolute Gasteiger partial charge is 0.224 e. The molecule has 1 aromatic rings. The van der Waals surface area contributed by atoms with Gasteiger partial charge in [-0.2, -0.15) is 0 Å². The van der Waals surface area contributed by atoms with E-state index >= 15 is 0 Å². The van der Waals surface area contributed by atoms with Crippen molar-refractivity contribution < 1.29 is 14.3 Å². The van der Waals surface area contributed by atoms with E-state index in [0.717, 1.165) is 24.0 Å². The van der Waals surface area contributed by atoms with Gasteiger partial charge in [0.15, 0.2) is 0 Å². The summed E-state index contributed by atoms with van der Waals surface area (Å²) in [6.07, 6.45) is 2.21. The van der Waals surface area contributed by atoms with Crippen molar-refractivity contribution in [3.8, 4) is 0 Å². The average Bonchev–Trinajstić information content (AvgIpc) is 2.49. The quantitative estimate of drug-likeness (QED) is 0.832. The summed E-state index contributed by atoms with van der Waals surface area (Å²) in [7, 11) is 0. The summed E-state index contributed by atoms with van der Waals surface area (Å²) < 4.78 is 5.34. The first-order valence-corrected chi connectivity index (χ1v) is 7.76. The van der Waals surface area contributed by atoms with Gasteiger partial charge in [-0.3, -0.25) is 9.59 Å². The Kier molecular flexibility index (Phi) is 5.95. The van der Waals surface area contributed by atoms with Crippen LogP contribution in [0.25, 0.3) is 0 Å². The van der Waals surface area contributed by atoms with Crippen LogP contribution >= 0.6 is 0 Å². The van der Waals surface area contributed by atoms with Crippen LogP contribution in [0.4, 0.5) is 0 Å². The molecule has 0 spiro atoms. The van der Waals surface area contributed by atoms with Crippen molar-refractivity contribution in [1.82, 2.24) is 5.32 Å². The summed E-state index contributed by atoms with van der Waals surface area (Å²) in [5, 5.41) is 3.00. The maximum atomic E-state index is 12.3. The summed E-state index contributed by atoms with van der Waals surface area (Å²) in [5.74, 6) is -0.193. The molecule has 1 aliphatic heterocycles. The van der Waals surface area contributed by atoms with Gasteiger partial charge in [0.25, 0.3) is 0 Å². The minimum absolute atomic E-state index is 0.0629. The number of carbonyl (C=O) groups is 2. The highest BCUT2D eigenvalue weighted by atomic mass is 16.5. The van der Waals surface area contributed by atoms with E-state index in [9.17, 15) is 9.59 Å². The maximum absolute atomic E-state index is 12.3. The molecular formula is C17H24N2O3. The Bertz CT molecular complexity index is 524. The van der Waals surface area contributed by atoms with Crippen molar-refractivity contribution in [2.75, 3.05) is 13.2 Å². The van der Waals surface area contributed by atoms with Crippen LogP contribution in [-0.4, -0.2) is 31.1 Å². The van der Waals surface area contributed by atoms with Crippen LogP contribution < -0.4 is 11.1 Å². The first-order chi connectivity index (χ1) is 10.6. The third kappa shape index (κ3) is 4.84. The van der Waals surface area contributed by atoms with Crippen molar-refractivity contribution in [3.63, 3.8) is 0 Å². The van der Waals surface area contributed by atoms with Crippen LogP contribution in [0.3, 0.4) is 0 Å². The molecule has 1 heterocycles. The number of ether oxygens (including phenoxy) is 1. The molecule has 0 aliphatic carbocycles. The van der Waals surface area contributed by atoms with Crippen molar-refractivity contribution >= 4 is 11.8 Å². The van der Waals surface area contributed by atoms with Gasteiger partial charge in [0.1, 0.15) is 0 Å². The predicted octanol–water partition coefficient (Wildman–Crippen LogP) is 1.32. The van der Waals surface area contributed by atoms with Crippen molar-refractivity contribution in [2.45, 2.75) is 38.6 Å². The summed E-state index contributed by atoms with van der Waals surface area (Å²) >= 11 is 0. The lowest BCUT2D eigenvalue weighted by Gasteiger charge is -2.30. The lowest BCUT2D eigenvalue weighted by Crippen LogP contribution is -2.45. The fourth-order valence-corrected chi connectivity index (χ4v) is 2.91. The molecule has 1 aliphatic rings. The van der Waals surface area contributed by atoms with Gasteiger partial charge >= 0.3 is 0 Å². The number of amides is 2. The molecule has 0 radical (unpaired) electrons. The highest BCUT2D eigenvalue weighted by molar-refractivity contribution is 5.80. The van der Waals surface area contributed by atoms with Crippen molar-refractivity contribution in [2.24, 2.45) is 11.7 Å². The summed E-state index contributed by atoms with van der Waals surface area (Å²) in [6.45, 7) is 3.34. The van der Waals surface area contributed by atoms with Gasteiger partial charge in [-0.15, -0.1) is 0 Å². The van der Waals surface area contributed by atoms with Gasteiger partial charge in [-0.05, 0) is 36.8 Å². The Balaban J connectivity index is 1.98. The molecule has 1 aromatic carbocycles. The third-order valence-corrected chi connectivity index (χ3v) is 4.21. The molecule has 0 aromatic heterocycles. The Morgan fingerprint density at radius 1 is 1.32 bits per heavy atom. The van der Waals surface area contributed by atoms with Gasteiger partial charge in [-0.25, -0.2) is 0 Å². The first kappa shape index (κ1) is 16.5. The minimum Gasteiger partial charge on any atom is -0.381 e. The molecule has 0 bridgehead atoms. The van der Waals surface area contributed by atoms with Crippen molar-refractivity contribution in [1.29, 1.82) is 0 Å². The monoisotopic (exact) mass is 304 g/mol. The van der Waals surface area contributed by atoms with E-state index in [1.807, 2.05) is 31.2 Å². The molecule has 2 rings (SSSR count). The zero-order chi connectivity index (χ0) is 15.9. The molecular weight excluding hydrogens is 280 g/mol. The summed E-state index contributed by atoms with van der Waals surface area (Å²) in [4.78, 5) is 23.6. The van der Waals surface area contributed by atoms with Gasteiger partial charge in [0.2, 0.25) is 11.8 Å². The van der Waals surface area contributed by atoms with Gasteiger partial charge < -0.3 is 15.8 Å². The fraction of sp³-hybridized carbons (Fsp3) is 0.529. The van der Waals surface area contributed by atoms with E-state index in [1.54, 1.807) is 0 Å². The molecule has 3 N–H and O–H groups in total. The molecule has 1 fully saturated rings. The Morgan fingerprint density at radius 2 is 2.00 bits per heavy atom. The molecule has 1 unspecified atom stereocenters. The van der Waals surface area contributed by atoms with E-state index in [2.05, 4.69) is 5.32 Å². The fourth-order valence-electron chi connectivity index (χ4n) is 2.91. The van der Waals surface area contributed by atoms with E-state index in [-0.39, 0.29) is 30.2 Å². The largest absolute Gasteiger partial charge is 0.381 e. The number of rotatable bonds is 6. The number of carbonyl (C=O) groups excluding carboxylic acids is 2. The average molecular weight is 304 g/mol. The first-order valence-electron chi connectivity index (χ1n) is 7.76. The van der Waals surface area contributed by atoms with Crippen LogP contribution in [-0.2, 0) is 20.7 Å². The van der Waals surface area contributed by atoms with Crippen LogP contribution in [0.1, 0.15) is 30.4 Å². The number of hydrogen-bond acceptors (Lipinski definition) is 3. The van der Waals surface area contributed by atoms with Crippen molar-refractivity contribution in [3.05, 3.63) is 35.4 Å². The molecule has 5 heteroatoms. The number of nitrogens with one attached hydrogen (secondary N) is 1. The molecule has 5 nitrogen and oxygen atoms in total. The lowest BCUT2D eigenvalue weighted by molar-refractivity contribution is -0.123. The minimum atomic E-state index is -0.382. The number of primary amides is 1.